The van der Waals surface area contributed by atoms with Gasteiger partial charge in [-0.3, -0.25) is 4.90 Å². The first-order valence-electron chi connectivity index (χ1n) is 8.86. The number of aryl methyl sites for hydroxylation is 1. The SMILES string of the molecule is CCN1Cc2ccccc2C[C@H]1CNC(=S)c1cc(C)ccc1OC. The van der Waals surface area contributed by atoms with Crippen LogP contribution in [0.2, 0.25) is 0 Å². The second-order valence-corrected chi connectivity index (χ2v) is 7.01. The fourth-order valence-corrected chi connectivity index (χ4v) is 3.76. The molecule has 3 rings (SSSR count). The van der Waals surface area contributed by atoms with Crippen LogP contribution in [0.4, 0.5) is 0 Å². The quantitative estimate of drug-likeness (QED) is 0.827. The summed E-state index contributed by atoms with van der Waals surface area (Å²) in [6, 6.07) is 15.3. The van der Waals surface area contributed by atoms with Gasteiger partial charge >= 0.3 is 0 Å². The van der Waals surface area contributed by atoms with Crippen LogP contribution in [0.5, 0.6) is 5.75 Å². The van der Waals surface area contributed by atoms with E-state index in [1.165, 1.54) is 16.7 Å². The lowest BCUT2D eigenvalue weighted by Gasteiger charge is -2.36. The van der Waals surface area contributed by atoms with Gasteiger partial charge in [0.25, 0.3) is 0 Å². The van der Waals surface area contributed by atoms with Crippen molar-refractivity contribution in [2.24, 2.45) is 0 Å². The summed E-state index contributed by atoms with van der Waals surface area (Å²) >= 11 is 5.65. The minimum Gasteiger partial charge on any atom is -0.496 e. The molecule has 1 heterocycles. The maximum Gasteiger partial charge on any atom is 0.129 e. The third-order valence-corrected chi connectivity index (χ3v) is 5.33. The average molecular weight is 355 g/mol. The van der Waals surface area contributed by atoms with E-state index in [9.17, 15) is 0 Å². The molecule has 0 aliphatic carbocycles. The molecule has 0 amide bonds. The van der Waals surface area contributed by atoms with Crippen molar-refractivity contribution in [2.75, 3.05) is 20.2 Å². The van der Waals surface area contributed by atoms with Gasteiger partial charge in [-0.25, -0.2) is 0 Å². The third-order valence-electron chi connectivity index (χ3n) is 4.97. The number of benzene rings is 2. The van der Waals surface area contributed by atoms with E-state index in [2.05, 4.69) is 54.4 Å². The third kappa shape index (κ3) is 4.02. The lowest BCUT2D eigenvalue weighted by atomic mass is 9.94. The zero-order chi connectivity index (χ0) is 17.8. The van der Waals surface area contributed by atoms with Gasteiger partial charge in [0, 0.05) is 19.1 Å². The van der Waals surface area contributed by atoms with Crippen molar-refractivity contribution < 1.29 is 4.74 Å². The van der Waals surface area contributed by atoms with Gasteiger partial charge in [-0.1, -0.05) is 55.0 Å². The summed E-state index contributed by atoms with van der Waals surface area (Å²) in [4.78, 5) is 3.28. The second-order valence-electron chi connectivity index (χ2n) is 6.60. The normalized spacial score (nSPS) is 17.0. The molecule has 2 aromatic rings. The van der Waals surface area contributed by atoms with Crippen LogP contribution in [0.3, 0.4) is 0 Å². The number of likely N-dealkylation sites (N-methyl/N-ethyl adjacent to an activating group) is 1. The van der Waals surface area contributed by atoms with Crippen molar-refractivity contribution in [2.45, 2.75) is 32.9 Å². The fourth-order valence-electron chi connectivity index (χ4n) is 3.52. The number of thiocarbonyl (C=S) groups is 1. The van der Waals surface area contributed by atoms with E-state index >= 15 is 0 Å². The summed E-state index contributed by atoms with van der Waals surface area (Å²) in [7, 11) is 1.69. The van der Waals surface area contributed by atoms with Gasteiger partial charge in [0.2, 0.25) is 0 Å². The van der Waals surface area contributed by atoms with Gasteiger partial charge in [-0.05, 0) is 43.1 Å². The summed E-state index contributed by atoms with van der Waals surface area (Å²) in [5.74, 6) is 0.824. The van der Waals surface area contributed by atoms with Gasteiger partial charge in [0.05, 0.1) is 12.7 Å². The number of rotatable bonds is 5. The molecule has 0 fully saturated rings. The topological polar surface area (TPSA) is 24.5 Å². The highest BCUT2D eigenvalue weighted by atomic mass is 32.1. The maximum absolute atomic E-state index is 5.65. The monoisotopic (exact) mass is 354 g/mol. The van der Waals surface area contributed by atoms with Crippen LogP contribution in [0, 0.1) is 6.92 Å². The highest BCUT2D eigenvalue weighted by Crippen LogP contribution is 2.23. The Hall–Kier alpha value is -1.91. The smallest absolute Gasteiger partial charge is 0.129 e. The molecule has 0 radical (unpaired) electrons. The highest BCUT2D eigenvalue weighted by molar-refractivity contribution is 7.80. The second kappa shape index (κ2) is 7.98. The van der Waals surface area contributed by atoms with E-state index in [-0.39, 0.29) is 0 Å². The van der Waals surface area contributed by atoms with Crippen molar-refractivity contribution in [1.82, 2.24) is 10.2 Å². The summed E-state index contributed by atoms with van der Waals surface area (Å²) in [5, 5.41) is 3.48. The number of methoxy groups -OCH3 is 1. The van der Waals surface area contributed by atoms with Gasteiger partial charge in [0.15, 0.2) is 0 Å². The number of ether oxygens (including phenoxy) is 1. The zero-order valence-electron chi connectivity index (χ0n) is 15.2. The van der Waals surface area contributed by atoms with Crippen molar-refractivity contribution in [3.63, 3.8) is 0 Å². The first-order chi connectivity index (χ1) is 12.1. The van der Waals surface area contributed by atoms with Crippen molar-refractivity contribution in [1.29, 1.82) is 0 Å². The molecule has 25 heavy (non-hydrogen) atoms. The Bertz CT molecular complexity index is 759. The minimum atomic E-state index is 0.452. The average Bonchev–Trinajstić information content (AvgIpc) is 2.65. The number of hydrogen-bond donors (Lipinski definition) is 1. The van der Waals surface area contributed by atoms with Crippen LogP contribution in [-0.2, 0) is 13.0 Å². The van der Waals surface area contributed by atoms with Gasteiger partial charge in [0.1, 0.15) is 10.7 Å². The maximum atomic E-state index is 5.65. The van der Waals surface area contributed by atoms with Crippen molar-refractivity contribution in [3.8, 4) is 5.75 Å². The standard InChI is InChI=1S/C21H26N2OS/c1-4-23-14-17-8-6-5-7-16(17)12-18(23)13-22-21(25)19-11-15(2)9-10-20(19)24-3/h5-11,18H,4,12-14H2,1-3H3,(H,22,25)/t18-/m0/s1. The van der Waals surface area contributed by atoms with Crippen LogP contribution < -0.4 is 10.1 Å². The number of fused-ring (bicyclic) bond motifs is 1. The van der Waals surface area contributed by atoms with Crippen LogP contribution in [0.1, 0.15) is 29.2 Å². The molecular formula is C21H26N2OS. The van der Waals surface area contributed by atoms with Gasteiger partial charge < -0.3 is 10.1 Å². The largest absolute Gasteiger partial charge is 0.496 e. The molecule has 3 nitrogen and oxygen atoms in total. The van der Waals surface area contributed by atoms with Crippen molar-refractivity contribution >= 4 is 17.2 Å². The van der Waals surface area contributed by atoms with E-state index in [0.717, 1.165) is 42.4 Å². The van der Waals surface area contributed by atoms with Gasteiger partial charge in [-0.2, -0.15) is 0 Å². The number of nitrogens with one attached hydrogen (secondary N) is 1. The lowest BCUT2D eigenvalue weighted by molar-refractivity contribution is 0.182. The molecule has 0 saturated heterocycles. The Labute approximate surface area is 156 Å². The van der Waals surface area contributed by atoms with E-state index in [4.69, 9.17) is 17.0 Å². The Morgan fingerprint density at radius 2 is 2.00 bits per heavy atom. The van der Waals surface area contributed by atoms with E-state index < -0.39 is 0 Å². The molecular weight excluding hydrogens is 328 g/mol. The summed E-state index contributed by atoms with van der Waals surface area (Å²) in [6.45, 7) is 7.20. The Morgan fingerprint density at radius 3 is 2.72 bits per heavy atom. The molecule has 1 aliphatic rings. The van der Waals surface area contributed by atoms with Crippen LogP contribution >= 0.6 is 12.2 Å². The predicted octanol–water partition coefficient (Wildman–Crippen LogP) is 3.72. The Morgan fingerprint density at radius 1 is 1.24 bits per heavy atom. The summed E-state index contributed by atoms with van der Waals surface area (Å²) in [6.07, 6.45) is 1.06. The van der Waals surface area contributed by atoms with Crippen molar-refractivity contribution in [3.05, 3.63) is 64.7 Å². The fraction of sp³-hybridized carbons (Fsp3) is 0.381. The van der Waals surface area contributed by atoms with Crippen LogP contribution in [0.25, 0.3) is 0 Å². The lowest BCUT2D eigenvalue weighted by Crippen LogP contribution is -2.47. The first kappa shape index (κ1) is 17.9. The molecule has 4 heteroatoms. The molecule has 0 spiro atoms. The molecule has 0 bridgehead atoms. The zero-order valence-corrected chi connectivity index (χ0v) is 16.0. The highest BCUT2D eigenvalue weighted by Gasteiger charge is 2.25. The molecule has 2 aromatic carbocycles. The molecule has 1 N–H and O–H groups in total. The first-order valence-corrected chi connectivity index (χ1v) is 9.27. The molecule has 132 valence electrons. The Kier molecular flexibility index (Phi) is 5.71. The molecule has 1 aliphatic heterocycles. The molecule has 0 unspecified atom stereocenters. The molecule has 0 saturated carbocycles. The van der Waals surface area contributed by atoms with Crippen LogP contribution in [-0.4, -0.2) is 36.1 Å². The van der Waals surface area contributed by atoms with E-state index in [1.807, 2.05) is 12.1 Å². The molecule has 0 aromatic heterocycles. The van der Waals surface area contributed by atoms with Gasteiger partial charge in [-0.15, -0.1) is 0 Å². The minimum absolute atomic E-state index is 0.452. The van der Waals surface area contributed by atoms with Crippen LogP contribution in [0.15, 0.2) is 42.5 Å². The number of nitrogens with zero attached hydrogens (tertiary/aromatic N) is 1. The number of hydrogen-bond acceptors (Lipinski definition) is 3. The molecule has 1 atom stereocenters. The van der Waals surface area contributed by atoms with E-state index in [0.29, 0.717) is 6.04 Å². The predicted molar refractivity (Wildman–Crippen MR) is 107 cm³/mol. The van der Waals surface area contributed by atoms with E-state index in [1.54, 1.807) is 7.11 Å². The summed E-state index contributed by atoms with van der Waals surface area (Å²) < 4.78 is 5.46. The summed E-state index contributed by atoms with van der Waals surface area (Å²) in [5.41, 5.74) is 5.06. The Balaban J connectivity index is 1.70.